The topological polar surface area (TPSA) is 73.6 Å². The third kappa shape index (κ3) is 4.73. The van der Waals surface area contributed by atoms with Crippen LogP contribution in [0.5, 0.6) is 5.75 Å². The van der Waals surface area contributed by atoms with Gasteiger partial charge in [0.1, 0.15) is 12.4 Å². The van der Waals surface area contributed by atoms with Gasteiger partial charge in [0.2, 0.25) is 0 Å². The van der Waals surface area contributed by atoms with Crippen molar-refractivity contribution in [3.63, 3.8) is 0 Å². The number of amides is 1. The van der Waals surface area contributed by atoms with Crippen LogP contribution in [0.15, 0.2) is 24.3 Å². The van der Waals surface area contributed by atoms with Gasteiger partial charge in [-0.25, -0.2) is 5.84 Å². The molecule has 0 fully saturated rings. The van der Waals surface area contributed by atoms with Crippen molar-refractivity contribution in [1.82, 2.24) is 5.43 Å². The Hall–Kier alpha value is -1.59. The zero-order valence-electron chi connectivity index (χ0n) is 10.8. The highest BCUT2D eigenvalue weighted by molar-refractivity contribution is 5.94. The van der Waals surface area contributed by atoms with Crippen LogP contribution in [-0.2, 0) is 4.74 Å². The van der Waals surface area contributed by atoms with Gasteiger partial charge in [-0.05, 0) is 31.5 Å². The molecule has 1 aromatic carbocycles. The van der Waals surface area contributed by atoms with Gasteiger partial charge in [0.25, 0.3) is 5.91 Å². The van der Waals surface area contributed by atoms with E-state index in [0.717, 1.165) is 6.42 Å². The molecule has 100 valence electrons. The quantitative estimate of drug-likeness (QED) is 0.334. The molecule has 1 aromatic rings. The number of nitrogens with one attached hydrogen (secondary N) is 1. The van der Waals surface area contributed by atoms with Gasteiger partial charge in [-0.15, -0.1) is 0 Å². The molecule has 0 aliphatic heterocycles. The number of hydrogen-bond acceptors (Lipinski definition) is 4. The molecule has 0 saturated heterocycles. The Morgan fingerprint density at radius 1 is 1.44 bits per heavy atom. The minimum absolute atomic E-state index is 0.239. The first-order valence-electron chi connectivity index (χ1n) is 6.02. The van der Waals surface area contributed by atoms with Crippen LogP contribution in [0.1, 0.15) is 30.6 Å². The van der Waals surface area contributed by atoms with Crippen molar-refractivity contribution in [2.75, 3.05) is 13.2 Å². The Balaban J connectivity index is 2.40. The van der Waals surface area contributed by atoms with Crippen LogP contribution in [0.3, 0.4) is 0 Å². The Labute approximate surface area is 107 Å². The zero-order chi connectivity index (χ0) is 13.4. The van der Waals surface area contributed by atoms with Crippen molar-refractivity contribution < 1.29 is 14.3 Å². The van der Waals surface area contributed by atoms with E-state index in [9.17, 15) is 4.79 Å². The fourth-order valence-corrected chi connectivity index (χ4v) is 1.34. The summed E-state index contributed by atoms with van der Waals surface area (Å²) in [5.74, 6) is 5.36. The Bertz CT molecular complexity index is 382. The van der Waals surface area contributed by atoms with Gasteiger partial charge in [-0.3, -0.25) is 10.2 Å². The van der Waals surface area contributed by atoms with E-state index in [1.54, 1.807) is 24.3 Å². The van der Waals surface area contributed by atoms with Gasteiger partial charge in [0.15, 0.2) is 0 Å². The van der Waals surface area contributed by atoms with Gasteiger partial charge in [0.05, 0.1) is 12.7 Å². The normalized spacial score (nSPS) is 11.9. The molecule has 1 atom stereocenters. The van der Waals surface area contributed by atoms with E-state index in [1.165, 1.54) is 0 Å². The number of nitrogen functional groups attached to an aromatic ring is 1. The largest absolute Gasteiger partial charge is 0.491 e. The first-order valence-corrected chi connectivity index (χ1v) is 6.02. The first-order chi connectivity index (χ1) is 8.67. The lowest BCUT2D eigenvalue weighted by Gasteiger charge is -2.11. The molecule has 1 rings (SSSR count). The van der Waals surface area contributed by atoms with Gasteiger partial charge in [-0.1, -0.05) is 13.0 Å². The smallest absolute Gasteiger partial charge is 0.265 e. The van der Waals surface area contributed by atoms with Crippen LogP contribution in [-0.4, -0.2) is 25.2 Å². The molecular formula is C13H20N2O3. The monoisotopic (exact) mass is 252 g/mol. The van der Waals surface area contributed by atoms with Crippen LogP contribution in [0.2, 0.25) is 0 Å². The van der Waals surface area contributed by atoms with Gasteiger partial charge >= 0.3 is 0 Å². The zero-order valence-corrected chi connectivity index (χ0v) is 10.8. The lowest BCUT2D eigenvalue weighted by Crippen LogP contribution is -2.29. The number of benzene rings is 1. The van der Waals surface area contributed by atoms with E-state index >= 15 is 0 Å². The Kier molecular flexibility index (Phi) is 6.18. The third-order valence-corrected chi connectivity index (χ3v) is 2.56. The van der Waals surface area contributed by atoms with Gasteiger partial charge < -0.3 is 9.47 Å². The second-order valence-electron chi connectivity index (χ2n) is 3.94. The molecule has 0 radical (unpaired) electrons. The van der Waals surface area contributed by atoms with Crippen molar-refractivity contribution in [1.29, 1.82) is 0 Å². The lowest BCUT2D eigenvalue weighted by molar-refractivity contribution is 0.0426. The summed E-state index contributed by atoms with van der Waals surface area (Å²) in [5, 5.41) is 0. The van der Waals surface area contributed by atoms with Crippen LogP contribution in [0, 0.1) is 0 Å². The number of ether oxygens (including phenoxy) is 2. The molecule has 0 aliphatic carbocycles. The molecule has 1 unspecified atom stereocenters. The molecule has 0 bridgehead atoms. The Morgan fingerprint density at radius 2 is 2.22 bits per heavy atom. The van der Waals surface area contributed by atoms with Crippen LogP contribution in [0.25, 0.3) is 0 Å². The van der Waals surface area contributed by atoms with E-state index < -0.39 is 0 Å². The Morgan fingerprint density at radius 3 is 2.89 bits per heavy atom. The van der Waals surface area contributed by atoms with E-state index in [-0.39, 0.29) is 12.0 Å². The third-order valence-electron chi connectivity index (χ3n) is 2.56. The summed E-state index contributed by atoms with van der Waals surface area (Å²) in [5.41, 5.74) is 2.55. The number of rotatable bonds is 7. The van der Waals surface area contributed by atoms with Crippen LogP contribution in [0.4, 0.5) is 0 Å². The predicted molar refractivity (Wildman–Crippen MR) is 69.3 cm³/mol. The molecule has 5 nitrogen and oxygen atoms in total. The molecule has 0 saturated carbocycles. The van der Waals surface area contributed by atoms with Gasteiger partial charge in [0, 0.05) is 5.56 Å². The molecule has 5 heteroatoms. The SMILES string of the molecule is CCC(C)OCCOc1cccc(C(=O)NN)c1. The number of nitrogens with two attached hydrogens (primary N) is 1. The summed E-state index contributed by atoms with van der Waals surface area (Å²) in [4.78, 5) is 11.3. The summed E-state index contributed by atoms with van der Waals surface area (Å²) >= 11 is 0. The van der Waals surface area contributed by atoms with Crippen LogP contribution >= 0.6 is 0 Å². The lowest BCUT2D eigenvalue weighted by atomic mass is 10.2. The van der Waals surface area contributed by atoms with Crippen molar-refractivity contribution in [3.8, 4) is 5.75 Å². The summed E-state index contributed by atoms with van der Waals surface area (Å²) in [6.45, 7) is 5.08. The fraction of sp³-hybridized carbons (Fsp3) is 0.462. The molecule has 0 heterocycles. The molecule has 0 aliphatic rings. The summed E-state index contributed by atoms with van der Waals surface area (Å²) < 4.78 is 11.0. The minimum atomic E-state index is -0.337. The van der Waals surface area contributed by atoms with Crippen molar-refractivity contribution >= 4 is 5.91 Å². The molecule has 1 amide bonds. The molecule has 0 spiro atoms. The molecule has 3 N–H and O–H groups in total. The highest BCUT2D eigenvalue weighted by atomic mass is 16.5. The minimum Gasteiger partial charge on any atom is -0.491 e. The van der Waals surface area contributed by atoms with Gasteiger partial charge in [-0.2, -0.15) is 0 Å². The maximum absolute atomic E-state index is 11.3. The number of hydrazine groups is 1. The molecular weight excluding hydrogens is 232 g/mol. The predicted octanol–water partition coefficient (Wildman–Crippen LogP) is 1.48. The summed E-state index contributed by atoms with van der Waals surface area (Å²) in [6.07, 6.45) is 1.22. The van der Waals surface area contributed by atoms with Crippen molar-refractivity contribution in [3.05, 3.63) is 29.8 Å². The highest BCUT2D eigenvalue weighted by Gasteiger charge is 2.04. The average Bonchev–Trinajstić information content (AvgIpc) is 2.42. The van der Waals surface area contributed by atoms with E-state index in [4.69, 9.17) is 15.3 Å². The highest BCUT2D eigenvalue weighted by Crippen LogP contribution is 2.13. The van der Waals surface area contributed by atoms with Crippen molar-refractivity contribution in [2.24, 2.45) is 5.84 Å². The molecule has 0 aromatic heterocycles. The molecule has 18 heavy (non-hydrogen) atoms. The number of carbonyl (C=O) groups excluding carboxylic acids is 1. The standard InChI is InChI=1S/C13H20N2O3/c1-3-10(2)17-7-8-18-12-6-4-5-11(9-12)13(16)15-14/h4-6,9-10H,3,7-8,14H2,1-2H3,(H,15,16). The summed E-state index contributed by atoms with van der Waals surface area (Å²) in [7, 11) is 0. The van der Waals surface area contributed by atoms with Crippen LogP contribution < -0.4 is 16.0 Å². The van der Waals surface area contributed by atoms with E-state index in [2.05, 4.69) is 12.3 Å². The maximum Gasteiger partial charge on any atom is 0.265 e. The maximum atomic E-state index is 11.3. The fourth-order valence-electron chi connectivity index (χ4n) is 1.34. The first kappa shape index (κ1) is 14.5. The number of carbonyl (C=O) groups is 1. The van der Waals surface area contributed by atoms with E-state index in [0.29, 0.717) is 24.5 Å². The second-order valence-corrected chi connectivity index (χ2v) is 3.94. The summed E-state index contributed by atoms with van der Waals surface area (Å²) in [6, 6.07) is 6.85. The second kappa shape index (κ2) is 7.68. The van der Waals surface area contributed by atoms with E-state index in [1.807, 2.05) is 6.92 Å². The number of hydrogen-bond donors (Lipinski definition) is 2. The average molecular weight is 252 g/mol. The van der Waals surface area contributed by atoms with Crippen molar-refractivity contribution in [2.45, 2.75) is 26.4 Å².